The molecule has 1 amide bonds. The molecule has 0 radical (unpaired) electrons. The fourth-order valence-corrected chi connectivity index (χ4v) is 1.43. The first kappa shape index (κ1) is 12.8. The highest BCUT2D eigenvalue weighted by Gasteiger charge is 2.11. The van der Waals surface area contributed by atoms with E-state index in [2.05, 4.69) is 5.32 Å². The summed E-state index contributed by atoms with van der Waals surface area (Å²) in [6.07, 6.45) is 0. The van der Waals surface area contributed by atoms with Gasteiger partial charge in [0.05, 0.1) is 22.6 Å². The van der Waals surface area contributed by atoms with Gasteiger partial charge in [0.25, 0.3) is 5.91 Å². The number of nitrogens with zero attached hydrogens (tertiary/aromatic N) is 1. The Morgan fingerprint density at radius 3 is 2.88 bits per heavy atom. The quantitative estimate of drug-likeness (QED) is 0.905. The summed E-state index contributed by atoms with van der Waals surface area (Å²) >= 11 is 11.6. The number of nitrogens with one attached hydrogen (secondary N) is 1. The first-order chi connectivity index (χ1) is 7.54. The molecule has 1 atom stereocenters. The zero-order valence-electron chi connectivity index (χ0n) is 8.63. The zero-order valence-corrected chi connectivity index (χ0v) is 10.1. The number of hydrogen-bond donors (Lipinski definition) is 1. The van der Waals surface area contributed by atoms with Crippen molar-refractivity contribution in [2.75, 3.05) is 6.54 Å². The van der Waals surface area contributed by atoms with E-state index in [4.69, 9.17) is 28.5 Å². The second-order valence-corrected chi connectivity index (χ2v) is 4.21. The molecule has 1 aromatic carbocycles. The molecule has 0 heterocycles. The topological polar surface area (TPSA) is 52.9 Å². The van der Waals surface area contributed by atoms with Crippen LogP contribution in [0.3, 0.4) is 0 Å². The zero-order chi connectivity index (χ0) is 12.1. The Bertz CT molecular complexity index is 440. The number of nitriles is 1. The summed E-state index contributed by atoms with van der Waals surface area (Å²) < 4.78 is 0. The number of benzene rings is 1. The average Bonchev–Trinajstić information content (AvgIpc) is 2.28. The van der Waals surface area contributed by atoms with E-state index >= 15 is 0 Å². The van der Waals surface area contributed by atoms with Gasteiger partial charge in [0.2, 0.25) is 0 Å². The van der Waals surface area contributed by atoms with Crippen molar-refractivity contribution >= 4 is 29.1 Å². The summed E-state index contributed by atoms with van der Waals surface area (Å²) in [7, 11) is 0. The van der Waals surface area contributed by atoms with Crippen LogP contribution in [0, 0.1) is 17.2 Å². The number of amides is 1. The highest BCUT2D eigenvalue weighted by molar-refractivity contribution is 6.35. The third-order valence-corrected chi connectivity index (χ3v) is 2.53. The lowest BCUT2D eigenvalue weighted by molar-refractivity contribution is 0.0951. The molecule has 0 saturated carbocycles. The minimum absolute atomic E-state index is 0.234. The lowest BCUT2D eigenvalue weighted by Gasteiger charge is -2.07. The van der Waals surface area contributed by atoms with Crippen LogP contribution in [0.1, 0.15) is 17.3 Å². The molecule has 0 aromatic heterocycles. The van der Waals surface area contributed by atoms with Crippen LogP contribution in [0.15, 0.2) is 18.2 Å². The molecule has 1 unspecified atom stereocenters. The van der Waals surface area contributed by atoms with Crippen molar-refractivity contribution in [3.63, 3.8) is 0 Å². The molecular formula is C11H10Cl2N2O. The van der Waals surface area contributed by atoms with Crippen LogP contribution >= 0.6 is 23.2 Å². The SMILES string of the molecule is CC(C#N)CNC(=O)c1cc(Cl)ccc1Cl. The van der Waals surface area contributed by atoms with Gasteiger partial charge < -0.3 is 5.32 Å². The maximum Gasteiger partial charge on any atom is 0.252 e. The van der Waals surface area contributed by atoms with Gasteiger partial charge in [0.1, 0.15) is 0 Å². The molecule has 0 spiro atoms. The Labute approximate surface area is 104 Å². The fraction of sp³-hybridized carbons (Fsp3) is 0.273. The molecule has 84 valence electrons. The minimum Gasteiger partial charge on any atom is -0.351 e. The molecule has 0 bridgehead atoms. The number of carbonyl (C=O) groups is 1. The molecule has 0 aliphatic carbocycles. The molecule has 1 N–H and O–H groups in total. The van der Waals surface area contributed by atoms with E-state index in [1.807, 2.05) is 6.07 Å². The van der Waals surface area contributed by atoms with Crippen LogP contribution in [-0.2, 0) is 0 Å². The maximum atomic E-state index is 11.7. The van der Waals surface area contributed by atoms with Gasteiger partial charge in [0, 0.05) is 11.6 Å². The smallest absolute Gasteiger partial charge is 0.252 e. The Morgan fingerprint density at radius 2 is 2.25 bits per heavy atom. The first-order valence-electron chi connectivity index (χ1n) is 4.67. The summed E-state index contributed by atoms with van der Waals surface area (Å²) in [5, 5.41) is 12.0. The predicted octanol–water partition coefficient (Wildman–Crippen LogP) is 2.88. The highest BCUT2D eigenvalue weighted by Crippen LogP contribution is 2.20. The summed E-state index contributed by atoms with van der Waals surface area (Å²) in [5.74, 6) is -0.559. The number of rotatable bonds is 3. The molecule has 0 aliphatic rings. The molecular weight excluding hydrogens is 247 g/mol. The van der Waals surface area contributed by atoms with Crippen molar-refractivity contribution < 1.29 is 4.79 Å². The first-order valence-corrected chi connectivity index (χ1v) is 5.43. The molecule has 16 heavy (non-hydrogen) atoms. The van der Waals surface area contributed by atoms with Gasteiger partial charge in [0.15, 0.2) is 0 Å². The predicted molar refractivity (Wildman–Crippen MR) is 63.6 cm³/mol. The van der Waals surface area contributed by atoms with E-state index in [-0.39, 0.29) is 18.4 Å². The summed E-state index contributed by atoms with van der Waals surface area (Å²) in [6, 6.07) is 6.69. The third kappa shape index (κ3) is 3.41. The van der Waals surface area contributed by atoms with Gasteiger partial charge in [-0.2, -0.15) is 5.26 Å². The van der Waals surface area contributed by atoms with Gasteiger partial charge in [-0.25, -0.2) is 0 Å². The van der Waals surface area contributed by atoms with E-state index in [1.54, 1.807) is 19.1 Å². The molecule has 0 fully saturated rings. The molecule has 0 saturated heterocycles. The van der Waals surface area contributed by atoms with E-state index < -0.39 is 0 Å². The van der Waals surface area contributed by atoms with Crippen LogP contribution in [0.25, 0.3) is 0 Å². The maximum absolute atomic E-state index is 11.7. The number of hydrogen-bond acceptors (Lipinski definition) is 2. The third-order valence-electron chi connectivity index (χ3n) is 1.96. The van der Waals surface area contributed by atoms with Crippen molar-refractivity contribution in [3.8, 4) is 6.07 Å². The summed E-state index contributed by atoms with van der Waals surface area (Å²) in [4.78, 5) is 11.7. The van der Waals surface area contributed by atoms with Gasteiger partial charge in [-0.05, 0) is 25.1 Å². The van der Waals surface area contributed by atoms with Gasteiger partial charge in [-0.15, -0.1) is 0 Å². The van der Waals surface area contributed by atoms with Crippen molar-refractivity contribution in [3.05, 3.63) is 33.8 Å². The Morgan fingerprint density at radius 1 is 1.56 bits per heavy atom. The largest absolute Gasteiger partial charge is 0.351 e. The van der Waals surface area contributed by atoms with Gasteiger partial charge >= 0.3 is 0 Å². The van der Waals surface area contributed by atoms with Crippen LogP contribution in [0.5, 0.6) is 0 Å². The second kappa shape index (κ2) is 5.74. The summed E-state index contributed by atoms with van der Waals surface area (Å²) in [6.45, 7) is 2.01. The molecule has 5 heteroatoms. The van der Waals surface area contributed by atoms with Gasteiger partial charge in [-0.1, -0.05) is 23.2 Å². The van der Waals surface area contributed by atoms with Crippen molar-refractivity contribution in [1.29, 1.82) is 5.26 Å². The standard InChI is InChI=1S/C11H10Cl2N2O/c1-7(5-14)6-15-11(16)9-4-8(12)2-3-10(9)13/h2-4,7H,6H2,1H3,(H,15,16). The molecule has 1 rings (SSSR count). The Balaban J connectivity index is 2.74. The van der Waals surface area contributed by atoms with Gasteiger partial charge in [-0.3, -0.25) is 4.79 Å². The van der Waals surface area contributed by atoms with E-state index in [9.17, 15) is 4.79 Å². The Kier molecular flexibility index (Phi) is 4.60. The number of halogens is 2. The molecule has 0 aliphatic heterocycles. The molecule has 3 nitrogen and oxygen atoms in total. The van der Waals surface area contributed by atoms with Crippen molar-refractivity contribution in [1.82, 2.24) is 5.32 Å². The van der Waals surface area contributed by atoms with Crippen LogP contribution in [0.2, 0.25) is 10.0 Å². The highest BCUT2D eigenvalue weighted by atomic mass is 35.5. The summed E-state index contributed by atoms with van der Waals surface area (Å²) in [5.41, 5.74) is 0.319. The van der Waals surface area contributed by atoms with E-state index in [0.29, 0.717) is 15.6 Å². The van der Waals surface area contributed by atoms with Crippen LogP contribution in [-0.4, -0.2) is 12.5 Å². The van der Waals surface area contributed by atoms with E-state index in [1.165, 1.54) is 6.07 Å². The second-order valence-electron chi connectivity index (χ2n) is 3.36. The normalized spacial score (nSPS) is 11.6. The van der Waals surface area contributed by atoms with Crippen molar-refractivity contribution in [2.45, 2.75) is 6.92 Å². The fourth-order valence-electron chi connectivity index (χ4n) is 1.06. The monoisotopic (exact) mass is 256 g/mol. The van der Waals surface area contributed by atoms with Crippen LogP contribution < -0.4 is 5.32 Å². The lowest BCUT2D eigenvalue weighted by atomic mass is 10.2. The minimum atomic E-state index is -0.324. The lowest BCUT2D eigenvalue weighted by Crippen LogP contribution is -2.28. The number of carbonyl (C=O) groups excluding carboxylic acids is 1. The van der Waals surface area contributed by atoms with Crippen LogP contribution in [0.4, 0.5) is 0 Å². The van der Waals surface area contributed by atoms with Crippen molar-refractivity contribution in [2.24, 2.45) is 5.92 Å². The Hall–Kier alpha value is -1.24. The average molecular weight is 257 g/mol. The van der Waals surface area contributed by atoms with E-state index in [0.717, 1.165) is 0 Å². The molecule has 1 aromatic rings.